The molecule has 19 heavy (non-hydrogen) atoms. The number of nitro groups is 1. The van der Waals surface area contributed by atoms with E-state index in [1.54, 1.807) is 24.3 Å². The Kier molecular flexibility index (Phi) is 3.66. The van der Waals surface area contributed by atoms with Gasteiger partial charge >= 0.3 is 5.70 Å². The first-order chi connectivity index (χ1) is 9.06. The van der Waals surface area contributed by atoms with Crippen molar-refractivity contribution in [3.63, 3.8) is 0 Å². The van der Waals surface area contributed by atoms with Crippen molar-refractivity contribution in [3.8, 4) is 0 Å². The van der Waals surface area contributed by atoms with Crippen LogP contribution in [0.3, 0.4) is 0 Å². The van der Waals surface area contributed by atoms with Crippen molar-refractivity contribution in [1.82, 2.24) is 5.32 Å². The standard InChI is InChI=1S/C12H9BrN2O4/c1-19-12-10(15(17)18)11(16)9(14-12)8(13)7-5-3-2-4-6-7/h2-6,14H,1H3/b9-8-. The summed E-state index contributed by atoms with van der Waals surface area (Å²) < 4.78 is 5.27. The van der Waals surface area contributed by atoms with Gasteiger partial charge in [-0.25, -0.2) is 0 Å². The number of ketones is 1. The van der Waals surface area contributed by atoms with Gasteiger partial charge < -0.3 is 10.1 Å². The predicted octanol–water partition coefficient (Wildman–Crippen LogP) is 2.01. The van der Waals surface area contributed by atoms with Crippen LogP contribution in [0.4, 0.5) is 0 Å². The number of Topliss-reactive ketones (excluding diaryl/α,β-unsaturated/α-hetero) is 1. The number of nitrogens with one attached hydrogen (secondary N) is 1. The van der Waals surface area contributed by atoms with Crippen molar-refractivity contribution in [2.45, 2.75) is 0 Å². The van der Waals surface area contributed by atoms with Crippen LogP contribution >= 0.6 is 15.9 Å². The van der Waals surface area contributed by atoms with Gasteiger partial charge in [0.15, 0.2) is 0 Å². The highest BCUT2D eigenvalue weighted by Crippen LogP contribution is 2.30. The summed E-state index contributed by atoms with van der Waals surface area (Å²) in [6.07, 6.45) is 0. The van der Waals surface area contributed by atoms with Gasteiger partial charge in [0.25, 0.3) is 11.7 Å². The Hall–Kier alpha value is -2.15. The molecule has 1 aromatic carbocycles. The van der Waals surface area contributed by atoms with Crippen LogP contribution in [0.25, 0.3) is 4.48 Å². The number of carbonyl (C=O) groups excluding carboxylic acids is 1. The van der Waals surface area contributed by atoms with Crippen LogP contribution < -0.4 is 5.32 Å². The number of halogens is 1. The lowest BCUT2D eigenvalue weighted by molar-refractivity contribution is -0.420. The lowest BCUT2D eigenvalue weighted by atomic mass is 10.1. The van der Waals surface area contributed by atoms with E-state index < -0.39 is 16.4 Å². The summed E-state index contributed by atoms with van der Waals surface area (Å²) in [6, 6.07) is 9.00. The van der Waals surface area contributed by atoms with Gasteiger partial charge in [0.1, 0.15) is 5.70 Å². The smallest absolute Gasteiger partial charge is 0.377 e. The quantitative estimate of drug-likeness (QED) is 0.522. The Morgan fingerprint density at radius 1 is 1.37 bits per heavy atom. The average molecular weight is 325 g/mol. The van der Waals surface area contributed by atoms with Crippen molar-refractivity contribution in [2.24, 2.45) is 0 Å². The summed E-state index contributed by atoms with van der Waals surface area (Å²) in [6.45, 7) is 0. The van der Waals surface area contributed by atoms with Crippen molar-refractivity contribution >= 4 is 26.2 Å². The van der Waals surface area contributed by atoms with Gasteiger partial charge in [0.2, 0.25) is 0 Å². The number of benzene rings is 1. The van der Waals surface area contributed by atoms with Crippen molar-refractivity contribution in [3.05, 3.63) is 63.3 Å². The summed E-state index contributed by atoms with van der Waals surface area (Å²) >= 11 is 3.28. The summed E-state index contributed by atoms with van der Waals surface area (Å²) in [7, 11) is 1.26. The molecule has 0 amide bonds. The molecule has 0 aromatic heterocycles. The van der Waals surface area contributed by atoms with E-state index in [-0.39, 0.29) is 11.6 Å². The average Bonchev–Trinajstić information content (AvgIpc) is 2.76. The Morgan fingerprint density at radius 2 is 2.00 bits per heavy atom. The van der Waals surface area contributed by atoms with Gasteiger partial charge in [0.05, 0.1) is 16.5 Å². The van der Waals surface area contributed by atoms with Gasteiger partial charge in [-0.05, 0) is 21.5 Å². The van der Waals surface area contributed by atoms with Gasteiger partial charge in [0, 0.05) is 0 Å². The molecule has 2 rings (SSSR count). The second kappa shape index (κ2) is 5.23. The number of nitrogens with zero attached hydrogens (tertiary/aromatic N) is 1. The van der Waals surface area contributed by atoms with Crippen LogP contribution in [0.5, 0.6) is 0 Å². The highest BCUT2D eigenvalue weighted by molar-refractivity contribution is 9.15. The van der Waals surface area contributed by atoms with E-state index in [1.807, 2.05) is 6.07 Å². The van der Waals surface area contributed by atoms with Crippen molar-refractivity contribution < 1.29 is 14.5 Å². The molecule has 0 saturated heterocycles. The number of carbonyl (C=O) groups is 1. The van der Waals surface area contributed by atoms with E-state index >= 15 is 0 Å². The Bertz CT molecular complexity index is 607. The highest BCUT2D eigenvalue weighted by Gasteiger charge is 2.40. The molecule has 0 fully saturated rings. The van der Waals surface area contributed by atoms with Crippen LogP contribution in [0, 0.1) is 10.1 Å². The molecule has 0 unspecified atom stereocenters. The molecule has 1 aliphatic rings. The summed E-state index contributed by atoms with van der Waals surface area (Å²) in [5.74, 6) is -0.865. The molecule has 0 aliphatic carbocycles. The number of methoxy groups -OCH3 is 1. The first-order valence-electron chi connectivity index (χ1n) is 5.25. The number of hydrogen-bond acceptors (Lipinski definition) is 5. The van der Waals surface area contributed by atoms with E-state index in [1.165, 1.54) is 7.11 Å². The second-order valence-electron chi connectivity index (χ2n) is 3.65. The molecule has 0 saturated carbocycles. The first-order valence-corrected chi connectivity index (χ1v) is 6.05. The topological polar surface area (TPSA) is 81.5 Å². The zero-order valence-corrected chi connectivity index (χ0v) is 11.4. The fourth-order valence-corrected chi connectivity index (χ4v) is 2.19. The van der Waals surface area contributed by atoms with Gasteiger partial charge in [-0.1, -0.05) is 30.3 Å². The monoisotopic (exact) mass is 324 g/mol. The summed E-state index contributed by atoms with van der Waals surface area (Å²) in [5.41, 5.74) is 0.235. The molecule has 0 atom stereocenters. The minimum Gasteiger partial charge on any atom is -0.477 e. The molecule has 98 valence electrons. The highest BCUT2D eigenvalue weighted by atomic mass is 79.9. The van der Waals surface area contributed by atoms with Gasteiger partial charge in [-0.3, -0.25) is 14.9 Å². The SMILES string of the molecule is COC1=C([N+](=O)[O-])C(=O)/C(=C(/Br)c2ccccc2)N1. The maximum atomic E-state index is 12.0. The van der Waals surface area contributed by atoms with Crippen LogP contribution in [-0.2, 0) is 9.53 Å². The molecule has 0 spiro atoms. The number of rotatable bonds is 3. The first kappa shape index (κ1) is 13.3. The fraction of sp³-hybridized carbons (Fsp3) is 0.0833. The molecule has 1 aromatic rings. The van der Waals surface area contributed by atoms with E-state index in [2.05, 4.69) is 21.2 Å². The van der Waals surface area contributed by atoms with Crippen molar-refractivity contribution in [2.75, 3.05) is 7.11 Å². The molecule has 1 aliphatic heterocycles. The number of ether oxygens (including phenoxy) is 1. The van der Waals surface area contributed by atoms with Crippen LogP contribution in [0.15, 0.2) is 47.6 Å². The lowest BCUT2D eigenvalue weighted by Crippen LogP contribution is -2.12. The summed E-state index contributed by atoms with van der Waals surface area (Å²) in [5, 5.41) is 13.5. The third-order valence-corrected chi connectivity index (χ3v) is 3.38. The molecule has 0 bridgehead atoms. The Balaban J connectivity index is 2.46. The molecular weight excluding hydrogens is 316 g/mol. The zero-order chi connectivity index (χ0) is 14.0. The third-order valence-electron chi connectivity index (χ3n) is 2.53. The van der Waals surface area contributed by atoms with Crippen LogP contribution in [-0.4, -0.2) is 17.8 Å². The fourth-order valence-electron chi connectivity index (χ4n) is 1.65. The number of hydrogen-bond donors (Lipinski definition) is 1. The molecule has 7 heteroatoms. The zero-order valence-electron chi connectivity index (χ0n) is 9.84. The normalized spacial score (nSPS) is 17.3. The Morgan fingerprint density at radius 3 is 2.47 bits per heavy atom. The molecule has 1 heterocycles. The third kappa shape index (κ3) is 2.37. The van der Waals surface area contributed by atoms with Crippen molar-refractivity contribution in [1.29, 1.82) is 0 Å². The van der Waals surface area contributed by atoms with E-state index in [0.29, 0.717) is 4.48 Å². The van der Waals surface area contributed by atoms with Crippen LogP contribution in [0.1, 0.15) is 5.56 Å². The lowest BCUT2D eigenvalue weighted by Gasteiger charge is -2.05. The molecule has 0 radical (unpaired) electrons. The predicted molar refractivity (Wildman–Crippen MR) is 71.5 cm³/mol. The Labute approximate surface area is 117 Å². The maximum absolute atomic E-state index is 12.0. The van der Waals surface area contributed by atoms with Gasteiger partial charge in [-0.15, -0.1) is 0 Å². The van der Waals surface area contributed by atoms with Gasteiger partial charge in [-0.2, -0.15) is 0 Å². The van der Waals surface area contributed by atoms with E-state index in [0.717, 1.165) is 5.56 Å². The van der Waals surface area contributed by atoms with E-state index in [4.69, 9.17) is 4.74 Å². The molecule has 6 nitrogen and oxygen atoms in total. The minimum atomic E-state index is -0.758. The second-order valence-corrected chi connectivity index (χ2v) is 4.44. The van der Waals surface area contributed by atoms with E-state index in [9.17, 15) is 14.9 Å². The molecular formula is C12H9BrN2O4. The summed E-state index contributed by atoms with van der Waals surface area (Å²) in [4.78, 5) is 22.1. The largest absolute Gasteiger partial charge is 0.477 e. The maximum Gasteiger partial charge on any atom is 0.377 e. The minimum absolute atomic E-state index is 0.0924. The molecule has 1 N–H and O–H groups in total. The van der Waals surface area contributed by atoms with Crippen LogP contribution in [0.2, 0.25) is 0 Å².